The van der Waals surface area contributed by atoms with Gasteiger partial charge >= 0.3 is 0 Å². The van der Waals surface area contributed by atoms with Gasteiger partial charge in [-0.15, -0.1) is 0 Å². The molecule has 0 bridgehead atoms. The third-order valence-electron chi connectivity index (χ3n) is 3.87. The molecule has 0 amide bonds. The fourth-order valence-electron chi connectivity index (χ4n) is 2.66. The number of hydrogen-bond donors (Lipinski definition) is 1. The van der Waals surface area contributed by atoms with Crippen LogP contribution in [0.4, 0.5) is 10.2 Å². The SMILES string of the molecule is Cn1ncc2ccc(CNc3ncnc4ccc(F)cc34)cc21. The summed E-state index contributed by atoms with van der Waals surface area (Å²) < 4.78 is 15.3. The lowest BCUT2D eigenvalue weighted by molar-refractivity contribution is 0.629. The molecule has 2 aromatic carbocycles. The standard InChI is InChI=1S/C17H14FN5/c1-23-16-6-11(2-3-12(16)9-22-23)8-19-17-14-7-13(18)4-5-15(14)20-10-21-17/h2-7,9-10H,8H2,1H3,(H,19,20,21). The van der Waals surface area contributed by atoms with Crippen molar-refractivity contribution in [1.29, 1.82) is 0 Å². The number of anilines is 1. The lowest BCUT2D eigenvalue weighted by Gasteiger charge is -2.09. The van der Waals surface area contributed by atoms with E-state index in [0.717, 1.165) is 16.5 Å². The first-order valence-corrected chi connectivity index (χ1v) is 7.25. The highest BCUT2D eigenvalue weighted by Crippen LogP contribution is 2.21. The summed E-state index contributed by atoms with van der Waals surface area (Å²) >= 11 is 0. The molecule has 0 unspecified atom stereocenters. The molecule has 2 aromatic heterocycles. The van der Waals surface area contributed by atoms with Crippen molar-refractivity contribution in [2.24, 2.45) is 7.05 Å². The Morgan fingerprint density at radius 3 is 2.96 bits per heavy atom. The largest absolute Gasteiger partial charge is 0.365 e. The van der Waals surface area contributed by atoms with Gasteiger partial charge in [0.2, 0.25) is 0 Å². The average molecular weight is 307 g/mol. The van der Waals surface area contributed by atoms with Crippen molar-refractivity contribution < 1.29 is 4.39 Å². The van der Waals surface area contributed by atoms with Crippen molar-refractivity contribution in [3.63, 3.8) is 0 Å². The summed E-state index contributed by atoms with van der Waals surface area (Å²) in [6.07, 6.45) is 3.32. The monoisotopic (exact) mass is 307 g/mol. The van der Waals surface area contributed by atoms with Crippen LogP contribution in [0.15, 0.2) is 48.9 Å². The van der Waals surface area contributed by atoms with Crippen LogP contribution in [0.2, 0.25) is 0 Å². The number of aromatic nitrogens is 4. The van der Waals surface area contributed by atoms with E-state index in [9.17, 15) is 4.39 Å². The Bertz CT molecular complexity index is 1010. The lowest BCUT2D eigenvalue weighted by Crippen LogP contribution is -2.03. The van der Waals surface area contributed by atoms with Crippen LogP contribution in [-0.4, -0.2) is 19.7 Å². The van der Waals surface area contributed by atoms with Crippen LogP contribution >= 0.6 is 0 Å². The first-order valence-electron chi connectivity index (χ1n) is 7.25. The highest BCUT2D eigenvalue weighted by molar-refractivity contribution is 5.88. The van der Waals surface area contributed by atoms with E-state index in [-0.39, 0.29) is 5.82 Å². The molecule has 23 heavy (non-hydrogen) atoms. The number of nitrogens with zero attached hydrogens (tertiary/aromatic N) is 4. The molecule has 1 N–H and O–H groups in total. The van der Waals surface area contributed by atoms with Gasteiger partial charge in [-0.3, -0.25) is 4.68 Å². The zero-order valence-electron chi connectivity index (χ0n) is 12.5. The van der Waals surface area contributed by atoms with Crippen LogP contribution in [0.5, 0.6) is 0 Å². The van der Waals surface area contributed by atoms with E-state index in [0.29, 0.717) is 23.3 Å². The maximum absolute atomic E-state index is 13.5. The third-order valence-corrected chi connectivity index (χ3v) is 3.87. The van der Waals surface area contributed by atoms with Crippen molar-refractivity contribution in [3.8, 4) is 0 Å². The Labute approximate surface area is 131 Å². The summed E-state index contributed by atoms with van der Waals surface area (Å²) in [5.74, 6) is 0.325. The lowest BCUT2D eigenvalue weighted by atomic mass is 10.1. The van der Waals surface area contributed by atoms with Crippen molar-refractivity contribution >= 4 is 27.6 Å². The molecule has 4 rings (SSSR count). The first-order chi connectivity index (χ1) is 11.2. The van der Waals surface area contributed by atoms with Gasteiger partial charge in [0.15, 0.2) is 0 Å². The second kappa shape index (κ2) is 5.31. The number of benzene rings is 2. The molecular weight excluding hydrogens is 293 g/mol. The molecule has 0 fully saturated rings. The molecule has 5 nitrogen and oxygen atoms in total. The number of hydrogen-bond acceptors (Lipinski definition) is 4. The minimum absolute atomic E-state index is 0.299. The molecule has 2 heterocycles. The summed E-state index contributed by atoms with van der Waals surface area (Å²) in [5.41, 5.74) is 2.89. The Morgan fingerprint density at radius 1 is 1.13 bits per heavy atom. The zero-order chi connectivity index (χ0) is 15.8. The second-order valence-corrected chi connectivity index (χ2v) is 5.40. The van der Waals surface area contributed by atoms with Gasteiger partial charge in [-0.05, 0) is 29.8 Å². The van der Waals surface area contributed by atoms with Gasteiger partial charge in [-0.2, -0.15) is 5.10 Å². The van der Waals surface area contributed by atoms with Gasteiger partial charge in [0, 0.05) is 24.4 Å². The summed E-state index contributed by atoms with van der Waals surface area (Å²) in [4.78, 5) is 8.38. The molecule has 0 atom stereocenters. The minimum Gasteiger partial charge on any atom is -0.365 e. The number of halogens is 1. The molecule has 0 aliphatic heterocycles. The number of nitrogens with one attached hydrogen (secondary N) is 1. The second-order valence-electron chi connectivity index (χ2n) is 5.40. The fraction of sp³-hybridized carbons (Fsp3) is 0.118. The van der Waals surface area contributed by atoms with Gasteiger partial charge in [-0.25, -0.2) is 14.4 Å². The average Bonchev–Trinajstić information content (AvgIpc) is 2.94. The highest BCUT2D eigenvalue weighted by atomic mass is 19.1. The van der Waals surface area contributed by atoms with Crippen molar-refractivity contribution in [3.05, 3.63) is 60.3 Å². The zero-order valence-corrected chi connectivity index (χ0v) is 12.5. The van der Waals surface area contributed by atoms with Crippen molar-refractivity contribution in [2.45, 2.75) is 6.54 Å². The molecule has 114 valence electrons. The van der Waals surface area contributed by atoms with Crippen LogP contribution in [-0.2, 0) is 13.6 Å². The van der Waals surface area contributed by atoms with Gasteiger partial charge < -0.3 is 5.32 Å². The smallest absolute Gasteiger partial charge is 0.137 e. The topological polar surface area (TPSA) is 55.6 Å². The van der Waals surface area contributed by atoms with Gasteiger partial charge in [-0.1, -0.05) is 12.1 Å². The molecular formula is C17H14FN5. The molecule has 0 saturated heterocycles. The minimum atomic E-state index is -0.299. The van der Waals surface area contributed by atoms with Gasteiger partial charge in [0.05, 0.1) is 17.2 Å². The van der Waals surface area contributed by atoms with E-state index < -0.39 is 0 Å². The van der Waals surface area contributed by atoms with E-state index in [1.54, 1.807) is 6.07 Å². The molecule has 0 radical (unpaired) electrons. The first kappa shape index (κ1) is 13.6. The molecule has 4 aromatic rings. The Balaban J connectivity index is 1.65. The van der Waals surface area contributed by atoms with E-state index in [1.807, 2.05) is 30.1 Å². The maximum Gasteiger partial charge on any atom is 0.137 e. The quantitative estimate of drug-likeness (QED) is 0.631. The van der Waals surface area contributed by atoms with E-state index >= 15 is 0 Å². The fourth-order valence-corrected chi connectivity index (χ4v) is 2.66. The van der Waals surface area contributed by atoms with E-state index in [4.69, 9.17) is 0 Å². The van der Waals surface area contributed by atoms with Crippen LogP contribution < -0.4 is 5.32 Å². The predicted molar refractivity (Wildman–Crippen MR) is 87.5 cm³/mol. The molecule has 0 aliphatic rings. The summed E-state index contributed by atoms with van der Waals surface area (Å²) in [6, 6.07) is 10.7. The number of rotatable bonds is 3. The third kappa shape index (κ3) is 2.48. The van der Waals surface area contributed by atoms with Gasteiger partial charge in [0.25, 0.3) is 0 Å². The Morgan fingerprint density at radius 2 is 2.04 bits per heavy atom. The maximum atomic E-state index is 13.5. The Hall–Kier alpha value is -3.02. The molecule has 0 spiro atoms. The van der Waals surface area contributed by atoms with Crippen LogP contribution in [0.1, 0.15) is 5.56 Å². The number of aryl methyl sites for hydroxylation is 1. The van der Waals surface area contributed by atoms with Crippen molar-refractivity contribution in [1.82, 2.24) is 19.7 Å². The normalized spacial score (nSPS) is 11.2. The summed E-state index contributed by atoms with van der Waals surface area (Å²) in [7, 11) is 1.92. The Kier molecular flexibility index (Phi) is 3.15. The summed E-state index contributed by atoms with van der Waals surface area (Å²) in [6.45, 7) is 0.587. The summed E-state index contributed by atoms with van der Waals surface area (Å²) in [5, 5.41) is 9.28. The predicted octanol–water partition coefficient (Wildman–Crippen LogP) is 3.27. The van der Waals surface area contributed by atoms with Crippen LogP contribution in [0.25, 0.3) is 21.8 Å². The van der Waals surface area contributed by atoms with Crippen LogP contribution in [0.3, 0.4) is 0 Å². The van der Waals surface area contributed by atoms with Crippen LogP contribution in [0, 0.1) is 5.82 Å². The van der Waals surface area contributed by atoms with E-state index in [1.165, 1.54) is 18.5 Å². The molecule has 0 aliphatic carbocycles. The van der Waals surface area contributed by atoms with Crippen molar-refractivity contribution in [2.75, 3.05) is 5.32 Å². The number of fused-ring (bicyclic) bond motifs is 2. The van der Waals surface area contributed by atoms with Gasteiger partial charge in [0.1, 0.15) is 18.0 Å². The molecule has 0 saturated carbocycles. The highest BCUT2D eigenvalue weighted by Gasteiger charge is 2.06. The molecule has 6 heteroatoms. The van der Waals surface area contributed by atoms with E-state index in [2.05, 4.69) is 26.4 Å².